The number of thioether (sulfide) groups is 1. The van der Waals surface area contributed by atoms with Crippen molar-refractivity contribution in [1.82, 2.24) is 14.8 Å². The smallest absolute Gasteiger partial charge is 0.234 e. The van der Waals surface area contributed by atoms with Gasteiger partial charge in [0, 0.05) is 23.0 Å². The van der Waals surface area contributed by atoms with Gasteiger partial charge in [0.25, 0.3) is 0 Å². The van der Waals surface area contributed by atoms with Crippen molar-refractivity contribution < 1.29 is 18.3 Å². The van der Waals surface area contributed by atoms with Crippen molar-refractivity contribution in [3.8, 4) is 22.8 Å². The van der Waals surface area contributed by atoms with E-state index in [0.717, 1.165) is 35.2 Å². The lowest BCUT2D eigenvalue weighted by atomic mass is 10.2. The van der Waals surface area contributed by atoms with Gasteiger partial charge >= 0.3 is 0 Å². The fourth-order valence-corrected chi connectivity index (χ4v) is 3.81. The number of hydrogen-bond acceptors (Lipinski definition) is 5. The van der Waals surface area contributed by atoms with E-state index < -0.39 is 17.5 Å². The molecule has 3 aromatic carbocycles. The summed E-state index contributed by atoms with van der Waals surface area (Å²) in [6.45, 7) is 0. The number of nitrogens with zero attached hydrogens (tertiary/aromatic N) is 3. The number of halogens is 2. The quantitative estimate of drug-likeness (QED) is 0.402. The van der Waals surface area contributed by atoms with Crippen LogP contribution < -0.4 is 10.1 Å². The van der Waals surface area contributed by atoms with E-state index in [1.165, 1.54) is 11.8 Å². The first kappa shape index (κ1) is 21.5. The van der Waals surface area contributed by atoms with E-state index in [4.69, 9.17) is 4.74 Å². The maximum Gasteiger partial charge on any atom is 0.234 e. The summed E-state index contributed by atoms with van der Waals surface area (Å²) in [7, 11) is 1.60. The average Bonchev–Trinajstić information content (AvgIpc) is 3.21. The number of carbonyl (C=O) groups excluding carboxylic acids is 1. The number of methoxy groups -OCH3 is 1. The maximum atomic E-state index is 13.4. The molecule has 0 spiro atoms. The molecule has 32 heavy (non-hydrogen) atoms. The number of hydrogen-bond donors (Lipinski definition) is 1. The first-order valence-electron chi connectivity index (χ1n) is 9.57. The summed E-state index contributed by atoms with van der Waals surface area (Å²) in [5.41, 5.74) is 1.71. The van der Waals surface area contributed by atoms with Crippen LogP contribution in [0.15, 0.2) is 78.0 Å². The SMILES string of the molecule is COc1ccc(-c2nnc(SCC(=O)Nc3cc(F)cc(F)c3)n2-c2ccccc2)cc1. The summed E-state index contributed by atoms with van der Waals surface area (Å²) in [5.74, 6) is -0.643. The van der Waals surface area contributed by atoms with Crippen LogP contribution in [0.1, 0.15) is 0 Å². The molecule has 9 heteroatoms. The number of nitrogens with one attached hydrogen (secondary N) is 1. The van der Waals surface area contributed by atoms with Crippen LogP contribution in [-0.2, 0) is 4.79 Å². The number of aromatic nitrogens is 3. The summed E-state index contributed by atoms with van der Waals surface area (Å²) >= 11 is 1.17. The van der Waals surface area contributed by atoms with Gasteiger partial charge in [-0.2, -0.15) is 0 Å². The average molecular weight is 452 g/mol. The number of rotatable bonds is 7. The predicted molar refractivity (Wildman–Crippen MR) is 119 cm³/mol. The van der Waals surface area contributed by atoms with Gasteiger partial charge in [-0.1, -0.05) is 30.0 Å². The Balaban J connectivity index is 1.58. The Hall–Kier alpha value is -3.72. The van der Waals surface area contributed by atoms with E-state index in [1.807, 2.05) is 59.2 Å². The summed E-state index contributed by atoms with van der Waals surface area (Å²) in [6, 6.07) is 19.8. The minimum absolute atomic E-state index is 0.0221. The Kier molecular flexibility index (Phi) is 6.46. The number of anilines is 1. The molecule has 0 atom stereocenters. The topological polar surface area (TPSA) is 69.0 Å². The van der Waals surface area contributed by atoms with Crippen molar-refractivity contribution >= 4 is 23.4 Å². The Labute approximate surface area is 187 Å². The lowest BCUT2D eigenvalue weighted by molar-refractivity contribution is -0.113. The van der Waals surface area contributed by atoms with E-state index in [0.29, 0.717) is 11.0 Å². The van der Waals surface area contributed by atoms with E-state index in [9.17, 15) is 13.6 Å². The lowest BCUT2D eigenvalue weighted by Gasteiger charge is -2.11. The van der Waals surface area contributed by atoms with Gasteiger partial charge in [-0.25, -0.2) is 8.78 Å². The number of ether oxygens (including phenoxy) is 1. The Morgan fingerprint density at radius 2 is 1.69 bits per heavy atom. The second-order valence-electron chi connectivity index (χ2n) is 6.70. The van der Waals surface area contributed by atoms with E-state index in [-0.39, 0.29) is 11.4 Å². The van der Waals surface area contributed by atoms with Crippen LogP contribution in [-0.4, -0.2) is 33.5 Å². The Morgan fingerprint density at radius 3 is 2.34 bits per heavy atom. The molecule has 0 radical (unpaired) electrons. The molecule has 6 nitrogen and oxygen atoms in total. The maximum absolute atomic E-state index is 13.4. The number of para-hydroxylation sites is 1. The zero-order valence-electron chi connectivity index (χ0n) is 17.0. The van der Waals surface area contributed by atoms with Crippen LogP contribution in [0.5, 0.6) is 5.75 Å². The largest absolute Gasteiger partial charge is 0.497 e. The molecular formula is C23H18F2N4O2S. The number of benzene rings is 3. The molecule has 0 saturated carbocycles. The van der Waals surface area contributed by atoms with Crippen LogP contribution >= 0.6 is 11.8 Å². The first-order valence-corrected chi connectivity index (χ1v) is 10.6. The van der Waals surface area contributed by atoms with Gasteiger partial charge in [0.15, 0.2) is 11.0 Å². The molecule has 1 heterocycles. The molecule has 0 bridgehead atoms. The third-order valence-electron chi connectivity index (χ3n) is 4.47. The zero-order valence-corrected chi connectivity index (χ0v) is 17.8. The van der Waals surface area contributed by atoms with Gasteiger partial charge in [-0.15, -0.1) is 10.2 Å². The van der Waals surface area contributed by atoms with E-state index >= 15 is 0 Å². The summed E-state index contributed by atoms with van der Waals surface area (Å²) in [5, 5.41) is 11.6. The second-order valence-corrected chi connectivity index (χ2v) is 7.64. The number of carbonyl (C=O) groups is 1. The molecule has 0 saturated heterocycles. The predicted octanol–water partition coefficient (Wildman–Crippen LogP) is 4.95. The molecule has 0 unspecified atom stereocenters. The van der Waals surface area contributed by atoms with Crippen LogP contribution in [0, 0.1) is 11.6 Å². The fourth-order valence-electron chi connectivity index (χ4n) is 3.05. The minimum Gasteiger partial charge on any atom is -0.497 e. The molecule has 1 amide bonds. The highest BCUT2D eigenvalue weighted by molar-refractivity contribution is 7.99. The van der Waals surface area contributed by atoms with Gasteiger partial charge in [0.1, 0.15) is 17.4 Å². The molecule has 0 fully saturated rings. The first-order chi connectivity index (χ1) is 15.5. The van der Waals surface area contributed by atoms with Crippen LogP contribution in [0.3, 0.4) is 0 Å². The fraction of sp³-hybridized carbons (Fsp3) is 0.0870. The van der Waals surface area contributed by atoms with Gasteiger partial charge < -0.3 is 10.1 Å². The van der Waals surface area contributed by atoms with Gasteiger partial charge in [-0.3, -0.25) is 9.36 Å². The molecule has 1 N–H and O–H groups in total. The standard InChI is InChI=1S/C23H18F2N4O2S/c1-31-20-9-7-15(8-10-20)22-27-28-23(29(22)19-5-3-2-4-6-19)32-14-21(30)26-18-12-16(24)11-17(25)13-18/h2-13H,14H2,1H3,(H,26,30). The molecule has 0 aliphatic carbocycles. The highest BCUT2D eigenvalue weighted by atomic mass is 32.2. The van der Waals surface area contributed by atoms with Crippen molar-refractivity contribution in [1.29, 1.82) is 0 Å². The van der Waals surface area contributed by atoms with E-state index in [2.05, 4.69) is 15.5 Å². The Morgan fingerprint density at radius 1 is 1.00 bits per heavy atom. The summed E-state index contributed by atoms with van der Waals surface area (Å²) < 4.78 is 33.8. The lowest BCUT2D eigenvalue weighted by Crippen LogP contribution is -2.15. The highest BCUT2D eigenvalue weighted by Gasteiger charge is 2.17. The molecule has 1 aromatic heterocycles. The van der Waals surface area contributed by atoms with Crippen molar-refractivity contribution in [2.24, 2.45) is 0 Å². The van der Waals surface area contributed by atoms with Gasteiger partial charge in [0.2, 0.25) is 5.91 Å². The van der Waals surface area contributed by atoms with Crippen LogP contribution in [0.25, 0.3) is 17.1 Å². The van der Waals surface area contributed by atoms with Gasteiger partial charge in [-0.05, 0) is 48.5 Å². The highest BCUT2D eigenvalue weighted by Crippen LogP contribution is 2.29. The van der Waals surface area contributed by atoms with Crippen molar-refractivity contribution in [3.05, 3.63) is 84.4 Å². The monoisotopic (exact) mass is 452 g/mol. The number of amides is 1. The van der Waals surface area contributed by atoms with Crippen molar-refractivity contribution in [2.45, 2.75) is 5.16 Å². The molecule has 0 aliphatic rings. The molecule has 0 aliphatic heterocycles. The Bertz CT molecular complexity index is 1210. The third-order valence-corrected chi connectivity index (χ3v) is 5.40. The zero-order chi connectivity index (χ0) is 22.5. The third kappa shape index (κ3) is 4.94. The van der Waals surface area contributed by atoms with Crippen molar-refractivity contribution in [3.63, 3.8) is 0 Å². The van der Waals surface area contributed by atoms with Crippen LogP contribution in [0.4, 0.5) is 14.5 Å². The molecular weight excluding hydrogens is 434 g/mol. The second kappa shape index (κ2) is 9.61. The molecule has 162 valence electrons. The molecule has 4 rings (SSSR count). The summed E-state index contributed by atoms with van der Waals surface area (Å²) in [6.07, 6.45) is 0. The normalized spacial score (nSPS) is 10.7. The van der Waals surface area contributed by atoms with Gasteiger partial charge in [0.05, 0.1) is 12.9 Å². The van der Waals surface area contributed by atoms with Crippen molar-refractivity contribution in [2.75, 3.05) is 18.2 Å². The minimum atomic E-state index is -0.763. The summed E-state index contributed by atoms with van der Waals surface area (Å²) in [4.78, 5) is 12.4. The molecule has 4 aromatic rings. The van der Waals surface area contributed by atoms with E-state index in [1.54, 1.807) is 7.11 Å². The van der Waals surface area contributed by atoms with Crippen LogP contribution in [0.2, 0.25) is 0 Å².